The normalized spacial score (nSPS) is 13.5. The molecule has 4 N–H and O–H groups in total. The molecule has 0 aromatic heterocycles. The minimum Gasteiger partial charge on any atom is -0.467 e. The number of benzene rings is 1. The third kappa shape index (κ3) is 5.99. The first-order valence-electron chi connectivity index (χ1n) is 7.86. The zero-order chi connectivity index (χ0) is 17.6. The highest BCUT2D eigenvalue weighted by Gasteiger charge is 2.26. The maximum atomic E-state index is 10.2. The van der Waals surface area contributed by atoms with Gasteiger partial charge in [0.2, 0.25) is 0 Å². The Bertz CT molecular complexity index is 488. The molecule has 6 heteroatoms. The van der Waals surface area contributed by atoms with Crippen LogP contribution in [0.3, 0.4) is 0 Å². The summed E-state index contributed by atoms with van der Waals surface area (Å²) in [7, 11) is 0. The van der Waals surface area contributed by atoms with Gasteiger partial charge >= 0.3 is 0 Å². The lowest BCUT2D eigenvalue weighted by Crippen LogP contribution is -2.35. The lowest BCUT2D eigenvalue weighted by atomic mass is 9.88. The summed E-state index contributed by atoms with van der Waals surface area (Å²) >= 11 is 0. The predicted molar refractivity (Wildman–Crippen MR) is 89.0 cm³/mol. The monoisotopic (exact) mass is 327 g/mol. The number of ether oxygens (including phenoxy) is 2. The van der Waals surface area contributed by atoms with Crippen LogP contribution in [0.15, 0.2) is 18.2 Å². The average Bonchev–Trinajstić information content (AvgIpc) is 2.47. The zero-order valence-corrected chi connectivity index (χ0v) is 14.5. The second kappa shape index (κ2) is 8.49. The van der Waals surface area contributed by atoms with E-state index in [0.717, 1.165) is 6.42 Å². The van der Waals surface area contributed by atoms with Gasteiger partial charge in [0.1, 0.15) is 12.0 Å². The SMILES string of the molecule is CCC(C)(C)C(O)Nc1ccc(OCOC(C)C)c(C(O)O)c1. The van der Waals surface area contributed by atoms with Crippen LogP contribution in [-0.2, 0) is 4.74 Å². The molecule has 0 fully saturated rings. The molecule has 0 heterocycles. The highest BCUT2D eigenvalue weighted by Crippen LogP contribution is 2.30. The van der Waals surface area contributed by atoms with Crippen molar-refractivity contribution < 1.29 is 24.8 Å². The summed E-state index contributed by atoms with van der Waals surface area (Å²) in [5.41, 5.74) is 0.487. The van der Waals surface area contributed by atoms with Gasteiger partial charge in [-0.1, -0.05) is 20.8 Å². The Labute approximate surface area is 138 Å². The van der Waals surface area contributed by atoms with Gasteiger partial charge in [0.25, 0.3) is 0 Å². The zero-order valence-electron chi connectivity index (χ0n) is 14.5. The lowest BCUT2D eigenvalue weighted by molar-refractivity contribution is -0.0507. The molecule has 0 radical (unpaired) electrons. The molecule has 1 aromatic carbocycles. The van der Waals surface area contributed by atoms with Gasteiger partial charge < -0.3 is 30.1 Å². The summed E-state index contributed by atoms with van der Waals surface area (Å²) in [4.78, 5) is 0. The molecule has 132 valence electrons. The fraction of sp³-hybridized carbons (Fsp3) is 0.647. The average molecular weight is 327 g/mol. The van der Waals surface area contributed by atoms with E-state index in [1.807, 2.05) is 34.6 Å². The van der Waals surface area contributed by atoms with Gasteiger partial charge in [-0.05, 0) is 38.5 Å². The number of aliphatic hydroxyl groups excluding tert-OH is 2. The highest BCUT2D eigenvalue weighted by molar-refractivity contribution is 5.52. The molecular formula is C17H29NO5. The van der Waals surface area contributed by atoms with Crippen molar-refractivity contribution in [3.05, 3.63) is 23.8 Å². The molecule has 0 amide bonds. The summed E-state index contributed by atoms with van der Waals surface area (Å²) in [6, 6.07) is 4.88. The largest absolute Gasteiger partial charge is 0.467 e. The number of aliphatic hydroxyl groups is 3. The first kappa shape index (κ1) is 19.7. The fourth-order valence-corrected chi connectivity index (χ4v) is 1.75. The number of nitrogens with one attached hydrogen (secondary N) is 1. The van der Waals surface area contributed by atoms with Gasteiger partial charge in [-0.3, -0.25) is 0 Å². The van der Waals surface area contributed by atoms with Crippen LogP contribution in [-0.4, -0.2) is 34.4 Å². The molecule has 0 saturated carbocycles. The Balaban J connectivity index is 2.86. The Morgan fingerprint density at radius 2 is 1.83 bits per heavy atom. The molecule has 0 saturated heterocycles. The van der Waals surface area contributed by atoms with E-state index in [4.69, 9.17) is 9.47 Å². The maximum Gasteiger partial charge on any atom is 0.189 e. The molecule has 0 aliphatic carbocycles. The molecule has 6 nitrogen and oxygen atoms in total. The van der Waals surface area contributed by atoms with E-state index in [1.165, 1.54) is 0 Å². The molecule has 1 unspecified atom stereocenters. The van der Waals surface area contributed by atoms with Crippen LogP contribution in [0, 0.1) is 5.41 Å². The number of anilines is 1. The van der Waals surface area contributed by atoms with Crippen molar-refractivity contribution in [2.45, 2.75) is 59.7 Å². The van der Waals surface area contributed by atoms with Crippen molar-refractivity contribution in [2.24, 2.45) is 5.41 Å². The summed E-state index contributed by atoms with van der Waals surface area (Å²) in [6.07, 6.45) is -1.62. The minimum atomic E-state index is -1.68. The molecule has 0 bridgehead atoms. The molecule has 1 atom stereocenters. The summed E-state index contributed by atoms with van der Waals surface area (Å²) < 4.78 is 10.7. The van der Waals surface area contributed by atoms with E-state index >= 15 is 0 Å². The lowest BCUT2D eigenvalue weighted by Gasteiger charge is -2.30. The Hall–Kier alpha value is -1.34. The first-order chi connectivity index (χ1) is 10.7. The highest BCUT2D eigenvalue weighted by atomic mass is 16.7. The van der Waals surface area contributed by atoms with Crippen molar-refractivity contribution in [3.63, 3.8) is 0 Å². The predicted octanol–water partition coefficient (Wildman–Crippen LogP) is 2.60. The fourth-order valence-electron chi connectivity index (χ4n) is 1.75. The second-order valence-electron chi connectivity index (χ2n) is 6.49. The van der Waals surface area contributed by atoms with Crippen molar-refractivity contribution in [2.75, 3.05) is 12.1 Å². The summed E-state index contributed by atoms with van der Waals surface area (Å²) in [5.74, 6) is 0.329. The van der Waals surface area contributed by atoms with Crippen LogP contribution in [0.5, 0.6) is 5.75 Å². The minimum absolute atomic E-state index is 0.0184. The maximum absolute atomic E-state index is 10.2. The molecule has 0 aliphatic rings. The molecule has 1 rings (SSSR count). The smallest absolute Gasteiger partial charge is 0.189 e. The van der Waals surface area contributed by atoms with Crippen LogP contribution in [0.4, 0.5) is 5.69 Å². The molecule has 0 spiro atoms. The van der Waals surface area contributed by atoms with Crippen molar-refractivity contribution in [1.82, 2.24) is 0 Å². The second-order valence-corrected chi connectivity index (χ2v) is 6.49. The van der Waals surface area contributed by atoms with E-state index < -0.39 is 12.5 Å². The van der Waals surface area contributed by atoms with Crippen LogP contribution in [0.1, 0.15) is 52.9 Å². The summed E-state index contributed by atoms with van der Waals surface area (Å²) in [6.45, 7) is 9.69. The van der Waals surface area contributed by atoms with Crippen molar-refractivity contribution in [1.29, 1.82) is 0 Å². The van der Waals surface area contributed by atoms with Crippen LogP contribution in [0.25, 0.3) is 0 Å². The van der Waals surface area contributed by atoms with Gasteiger partial charge in [-0.15, -0.1) is 0 Å². The standard InChI is InChI=1S/C17H29NO5/c1-6-17(4,5)16(21)18-12-7-8-14(13(9-12)15(19)20)23-10-22-11(2)3/h7-9,11,15-16,18-21H,6,10H2,1-5H3. The number of hydrogen-bond donors (Lipinski definition) is 4. The Kier molecular flexibility index (Phi) is 7.28. The molecule has 23 heavy (non-hydrogen) atoms. The van der Waals surface area contributed by atoms with E-state index in [-0.39, 0.29) is 23.9 Å². The van der Waals surface area contributed by atoms with E-state index in [2.05, 4.69) is 5.32 Å². The Morgan fingerprint density at radius 1 is 1.17 bits per heavy atom. The quantitative estimate of drug-likeness (QED) is 0.521. The third-order valence-electron chi connectivity index (χ3n) is 3.86. The van der Waals surface area contributed by atoms with Crippen LogP contribution < -0.4 is 10.1 Å². The van der Waals surface area contributed by atoms with Gasteiger partial charge in [-0.25, -0.2) is 0 Å². The first-order valence-corrected chi connectivity index (χ1v) is 7.86. The van der Waals surface area contributed by atoms with Gasteiger partial charge in [0.15, 0.2) is 13.1 Å². The number of hydrogen-bond acceptors (Lipinski definition) is 6. The van der Waals surface area contributed by atoms with Gasteiger partial charge in [0.05, 0.1) is 11.7 Å². The van der Waals surface area contributed by atoms with E-state index in [0.29, 0.717) is 11.4 Å². The molecule has 0 aliphatic heterocycles. The van der Waals surface area contributed by atoms with E-state index in [1.54, 1.807) is 18.2 Å². The van der Waals surface area contributed by atoms with Crippen molar-refractivity contribution >= 4 is 5.69 Å². The van der Waals surface area contributed by atoms with E-state index in [9.17, 15) is 15.3 Å². The Morgan fingerprint density at radius 3 is 2.35 bits per heavy atom. The number of rotatable bonds is 9. The molecular weight excluding hydrogens is 298 g/mol. The van der Waals surface area contributed by atoms with Crippen LogP contribution in [0.2, 0.25) is 0 Å². The van der Waals surface area contributed by atoms with Crippen molar-refractivity contribution in [3.8, 4) is 5.75 Å². The summed E-state index contributed by atoms with van der Waals surface area (Å²) in [5, 5.41) is 32.3. The van der Waals surface area contributed by atoms with Gasteiger partial charge in [0, 0.05) is 11.1 Å². The topological polar surface area (TPSA) is 91.2 Å². The van der Waals surface area contributed by atoms with Gasteiger partial charge in [-0.2, -0.15) is 0 Å². The van der Waals surface area contributed by atoms with Crippen LogP contribution >= 0.6 is 0 Å². The molecule has 1 aromatic rings. The third-order valence-corrected chi connectivity index (χ3v) is 3.86.